The summed E-state index contributed by atoms with van der Waals surface area (Å²) >= 11 is 5.61. The van der Waals surface area contributed by atoms with Crippen LogP contribution in [0.1, 0.15) is 0 Å². The first-order chi connectivity index (χ1) is 12.4. The average Bonchev–Trinajstić information content (AvgIpc) is 3.13. The van der Waals surface area contributed by atoms with Gasteiger partial charge in [-0.1, -0.05) is 11.6 Å². The minimum absolute atomic E-state index is 0.00208. The highest BCUT2D eigenvalue weighted by molar-refractivity contribution is 7.89. The largest absolute Gasteiger partial charge is 0.268 e. The van der Waals surface area contributed by atoms with Gasteiger partial charge in [-0.05, 0) is 30.3 Å². The number of nitrogens with one attached hydrogen (secondary N) is 1. The molecule has 1 aromatic carbocycles. The zero-order chi connectivity index (χ0) is 18.7. The highest BCUT2D eigenvalue weighted by atomic mass is 35.5. The number of hydrogen-bond acceptors (Lipinski definition) is 5. The highest BCUT2D eigenvalue weighted by Crippen LogP contribution is 2.19. The molecule has 0 saturated heterocycles. The van der Waals surface area contributed by atoms with E-state index in [1.165, 1.54) is 16.8 Å². The molecule has 0 atom stereocenters. The van der Waals surface area contributed by atoms with Gasteiger partial charge in [-0.3, -0.25) is 4.79 Å². The van der Waals surface area contributed by atoms with Gasteiger partial charge < -0.3 is 0 Å². The first-order valence-electron chi connectivity index (χ1n) is 7.40. The third-order valence-electron chi connectivity index (χ3n) is 3.41. The van der Waals surface area contributed by atoms with Crippen LogP contribution in [0.5, 0.6) is 0 Å². The van der Waals surface area contributed by atoms with Crippen LogP contribution in [0.15, 0.2) is 58.5 Å². The van der Waals surface area contributed by atoms with Gasteiger partial charge in [0, 0.05) is 25.0 Å². The standard InChI is InChI=1S/C15H13ClFN5O3S/c16-12-10-11(2-3-13(12)17)26(24,25)19-7-9-22-15(23)5-4-14(20-22)21-8-1-6-18-21/h1-6,8,10,19H,7,9H2. The monoisotopic (exact) mass is 397 g/mol. The molecule has 8 nitrogen and oxygen atoms in total. The lowest BCUT2D eigenvalue weighted by molar-refractivity contribution is 0.542. The average molecular weight is 398 g/mol. The molecule has 0 aliphatic heterocycles. The van der Waals surface area contributed by atoms with Gasteiger partial charge >= 0.3 is 0 Å². The Kier molecular flexibility index (Phi) is 5.16. The van der Waals surface area contributed by atoms with Crippen molar-refractivity contribution in [2.75, 3.05) is 6.54 Å². The Labute approximate surface area is 152 Å². The zero-order valence-electron chi connectivity index (χ0n) is 13.2. The minimum atomic E-state index is -3.90. The molecule has 0 aliphatic rings. The lowest BCUT2D eigenvalue weighted by Gasteiger charge is -2.09. The Hall–Kier alpha value is -2.56. The first kappa shape index (κ1) is 18.2. The van der Waals surface area contributed by atoms with Crippen molar-refractivity contribution in [3.8, 4) is 5.82 Å². The van der Waals surface area contributed by atoms with Crippen molar-refractivity contribution in [2.45, 2.75) is 11.4 Å². The molecule has 0 fully saturated rings. The molecule has 1 N–H and O–H groups in total. The van der Waals surface area contributed by atoms with Crippen molar-refractivity contribution >= 4 is 21.6 Å². The van der Waals surface area contributed by atoms with Crippen molar-refractivity contribution in [3.63, 3.8) is 0 Å². The molecule has 3 aromatic rings. The van der Waals surface area contributed by atoms with Crippen molar-refractivity contribution in [3.05, 3.63) is 70.0 Å². The van der Waals surface area contributed by atoms with Crippen molar-refractivity contribution in [1.29, 1.82) is 0 Å². The molecular formula is C15H13ClFN5O3S. The van der Waals surface area contributed by atoms with Gasteiger partial charge in [0.05, 0.1) is 16.5 Å². The summed E-state index contributed by atoms with van der Waals surface area (Å²) in [7, 11) is -3.90. The Balaban J connectivity index is 1.72. The number of sulfonamides is 1. The van der Waals surface area contributed by atoms with Crippen LogP contribution in [0.2, 0.25) is 5.02 Å². The summed E-state index contributed by atoms with van der Waals surface area (Å²) in [4.78, 5) is 11.7. The molecule has 26 heavy (non-hydrogen) atoms. The molecule has 136 valence electrons. The predicted octanol–water partition coefficient (Wildman–Crippen LogP) is 1.20. The summed E-state index contributed by atoms with van der Waals surface area (Å²) in [6, 6.07) is 7.62. The van der Waals surface area contributed by atoms with Crippen LogP contribution in [0.25, 0.3) is 5.82 Å². The lowest BCUT2D eigenvalue weighted by Crippen LogP contribution is -2.32. The molecule has 0 spiro atoms. The quantitative estimate of drug-likeness (QED) is 0.673. The second-order valence-corrected chi connectivity index (χ2v) is 7.35. The molecule has 0 radical (unpaired) electrons. The van der Waals surface area contributed by atoms with Gasteiger partial charge in [-0.25, -0.2) is 26.9 Å². The Bertz CT molecular complexity index is 1080. The fourth-order valence-electron chi connectivity index (χ4n) is 2.14. The summed E-state index contributed by atoms with van der Waals surface area (Å²) in [5.41, 5.74) is -0.384. The molecule has 2 aromatic heterocycles. The van der Waals surface area contributed by atoms with E-state index in [-0.39, 0.29) is 28.6 Å². The number of hydrogen-bond donors (Lipinski definition) is 1. The summed E-state index contributed by atoms with van der Waals surface area (Å²) in [6.45, 7) is -0.0884. The van der Waals surface area contributed by atoms with Gasteiger partial charge in [0.25, 0.3) is 5.56 Å². The van der Waals surface area contributed by atoms with E-state index in [9.17, 15) is 17.6 Å². The lowest BCUT2D eigenvalue weighted by atomic mass is 10.3. The Morgan fingerprint density at radius 2 is 2.04 bits per heavy atom. The molecule has 0 unspecified atom stereocenters. The van der Waals surface area contributed by atoms with E-state index in [1.807, 2.05) is 0 Å². The Morgan fingerprint density at radius 1 is 1.23 bits per heavy atom. The van der Waals surface area contributed by atoms with Crippen LogP contribution >= 0.6 is 11.6 Å². The number of benzene rings is 1. The van der Waals surface area contributed by atoms with Crippen LogP contribution in [0, 0.1) is 5.82 Å². The van der Waals surface area contributed by atoms with Gasteiger partial charge in [0.2, 0.25) is 10.0 Å². The highest BCUT2D eigenvalue weighted by Gasteiger charge is 2.15. The number of halogens is 2. The minimum Gasteiger partial charge on any atom is -0.268 e. The summed E-state index contributed by atoms with van der Waals surface area (Å²) in [5.74, 6) is -0.292. The molecule has 2 heterocycles. The molecule has 11 heteroatoms. The molecule has 0 bridgehead atoms. The third kappa shape index (κ3) is 3.98. The van der Waals surface area contributed by atoms with Crippen molar-refractivity contribution in [2.24, 2.45) is 0 Å². The van der Waals surface area contributed by atoms with Crippen molar-refractivity contribution in [1.82, 2.24) is 24.3 Å². The second-order valence-electron chi connectivity index (χ2n) is 5.18. The van der Waals surface area contributed by atoms with Crippen LogP contribution in [-0.4, -0.2) is 34.5 Å². The molecule has 3 rings (SSSR count). The SMILES string of the molecule is O=c1ccc(-n2cccn2)nn1CCNS(=O)(=O)c1ccc(F)c(Cl)c1. The van der Waals surface area contributed by atoms with E-state index in [0.717, 1.165) is 22.9 Å². The number of aromatic nitrogens is 4. The van der Waals surface area contributed by atoms with E-state index < -0.39 is 15.8 Å². The van der Waals surface area contributed by atoms with Gasteiger partial charge in [-0.15, -0.1) is 5.10 Å². The summed E-state index contributed by atoms with van der Waals surface area (Å²) < 4.78 is 42.5. The molecular weight excluding hydrogens is 385 g/mol. The number of nitrogens with zero attached hydrogens (tertiary/aromatic N) is 4. The smallest absolute Gasteiger partial charge is 0.266 e. The van der Waals surface area contributed by atoms with Crippen LogP contribution < -0.4 is 10.3 Å². The van der Waals surface area contributed by atoms with Gasteiger partial charge in [0.1, 0.15) is 5.82 Å². The van der Waals surface area contributed by atoms with Crippen LogP contribution in [-0.2, 0) is 16.6 Å². The van der Waals surface area contributed by atoms with E-state index in [1.54, 1.807) is 18.5 Å². The maximum Gasteiger partial charge on any atom is 0.266 e. The van der Waals surface area contributed by atoms with E-state index in [4.69, 9.17) is 11.6 Å². The fraction of sp³-hybridized carbons (Fsp3) is 0.133. The number of rotatable bonds is 6. The third-order valence-corrected chi connectivity index (χ3v) is 5.16. The van der Waals surface area contributed by atoms with E-state index in [0.29, 0.717) is 5.82 Å². The van der Waals surface area contributed by atoms with E-state index in [2.05, 4.69) is 14.9 Å². The maximum absolute atomic E-state index is 13.2. The fourth-order valence-corrected chi connectivity index (χ4v) is 3.43. The Morgan fingerprint density at radius 3 is 2.73 bits per heavy atom. The van der Waals surface area contributed by atoms with Crippen LogP contribution in [0.3, 0.4) is 0 Å². The predicted molar refractivity (Wildman–Crippen MR) is 92.2 cm³/mol. The summed E-state index contributed by atoms with van der Waals surface area (Å²) in [6.07, 6.45) is 3.23. The van der Waals surface area contributed by atoms with E-state index >= 15 is 0 Å². The normalized spacial score (nSPS) is 11.6. The molecule has 0 aliphatic carbocycles. The maximum atomic E-state index is 13.2. The van der Waals surface area contributed by atoms with Gasteiger partial charge in [-0.2, -0.15) is 5.10 Å². The molecule has 0 amide bonds. The summed E-state index contributed by atoms with van der Waals surface area (Å²) in [5, 5.41) is 7.85. The topological polar surface area (TPSA) is 98.9 Å². The van der Waals surface area contributed by atoms with Crippen molar-refractivity contribution < 1.29 is 12.8 Å². The molecule has 0 saturated carbocycles. The zero-order valence-corrected chi connectivity index (χ0v) is 14.8. The van der Waals surface area contributed by atoms with Gasteiger partial charge in [0.15, 0.2) is 5.82 Å². The second kappa shape index (κ2) is 7.36. The first-order valence-corrected chi connectivity index (χ1v) is 9.26. The van der Waals surface area contributed by atoms with Crippen LogP contribution in [0.4, 0.5) is 4.39 Å².